The van der Waals surface area contributed by atoms with E-state index in [2.05, 4.69) is 21.1 Å². The smallest absolute Gasteiger partial charge is 0.173 e. The van der Waals surface area contributed by atoms with Gasteiger partial charge in [0.1, 0.15) is 17.3 Å². The number of halogens is 3. The maximum absolute atomic E-state index is 13.4. The Morgan fingerprint density at radius 3 is 2.23 bits per heavy atom. The van der Waals surface area contributed by atoms with E-state index in [1.807, 2.05) is 12.1 Å². The van der Waals surface area contributed by atoms with Crippen LogP contribution < -0.4 is 0 Å². The van der Waals surface area contributed by atoms with Crippen LogP contribution in [-0.4, -0.2) is 10.3 Å². The van der Waals surface area contributed by atoms with Gasteiger partial charge in [-0.15, -0.1) is 0 Å². The Kier molecular flexibility index (Phi) is 4.04. The third-order valence-electron chi connectivity index (χ3n) is 3.19. The van der Waals surface area contributed by atoms with Crippen molar-refractivity contribution in [3.05, 3.63) is 64.1 Å². The van der Waals surface area contributed by atoms with E-state index >= 15 is 0 Å². The van der Waals surface area contributed by atoms with Gasteiger partial charge in [0.15, 0.2) is 5.76 Å². The Hall–Kier alpha value is -2.05. The molecule has 0 aliphatic heterocycles. The average Bonchev–Trinajstić information content (AvgIpc) is 2.91. The van der Waals surface area contributed by atoms with Gasteiger partial charge in [0, 0.05) is 21.7 Å². The first-order valence-corrected chi connectivity index (χ1v) is 7.19. The quantitative estimate of drug-likeness (QED) is 0.740. The lowest BCUT2D eigenvalue weighted by Crippen LogP contribution is -1.90. The highest BCUT2D eigenvalue weighted by Crippen LogP contribution is 2.33. The van der Waals surface area contributed by atoms with Gasteiger partial charge in [-0.3, -0.25) is 0 Å². The number of hydrogen-bond acceptors (Lipinski definition) is 3. The van der Waals surface area contributed by atoms with Crippen LogP contribution in [0.2, 0.25) is 0 Å². The number of hydrogen-bond donors (Lipinski definition) is 1. The molecule has 112 valence electrons. The molecule has 0 radical (unpaired) electrons. The van der Waals surface area contributed by atoms with Gasteiger partial charge in [-0.25, -0.2) is 8.78 Å². The molecule has 0 aliphatic carbocycles. The van der Waals surface area contributed by atoms with E-state index in [0.29, 0.717) is 11.3 Å². The van der Waals surface area contributed by atoms with Crippen LogP contribution in [0, 0.1) is 11.6 Å². The first-order valence-electron chi connectivity index (χ1n) is 6.40. The lowest BCUT2D eigenvalue weighted by atomic mass is 10.0. The van der Waals surface area contributed by atoms with Gasteiger partial charge in [0.25, 0.3) is 0 Å². The average molecular weight is 366 g/mol. The van der Waals surface area contributed by atoms with Gasteiger partial charge in [0.2, 0.25) is 0 Å². The van der Waals surface area contributed by atoms with Crippen molar-refractivity contribution in [2.75, 3.05) is 0 Å². The van der Waals surface area contributed by atoms with Crippen molar-refractivity contribution in [3.63, 3.8) is 0 Å². The predicted octanol–water partition coefficient (Wildman–Crippen LogP) is 4.54. The first kappa shape index (κ1) is 14.9. The van der Waals surface area contributed by atoms with Crippen LogP contribution in [0.25, 0.3) is 22.6 Å². The van der Waals surface area contributed by atoms with Crippen molar-refractivity contribution in [2.45, 2.75) is 6.61 Å². The van der Waals surface area contributed by atoms with Crippen molar-refractivity contribution in [1.82, 2.24) is 5.16 Å². The molecule has 0 atom stereocenters. The Labute approximate surface area is 133 Å². The summed E-state index contributed by atoms with van der Waals surface area (Å²) in [4.78, 5) is 0. The number of nitrogens with zero attached hydrogens (tertiary/aromatic N) is 1. The Morgan fingerprint density at radius 2 is 1.64 bits per heavy atom. The number of aromatic nitrogens is 1. The maximum atomic E-state index is 13.4. The van der Waals surface area contributed by atoms with E-state index < -0.39 is 11.6 Å². The van der Waals surface area contributed by atoms with Gasteiger partial charge in [-0.1, -0.05) is 33.2 Å². The molecule has 0 saturated heterocycles. The van der Waals surface area contributed by atoms with Crippen molar-refractivity contribution >= 4 is 15.9 Å². The van der Waals surface area contributed by atoms with E-state index in [1.165, 1.54) is 0 Å². The summed E-state index contributed by atoms with van der Waals surface area (Å²) >= 11 is 3.33. The second-order valence-electron chi connectivity index (χ2n) is 4.66. The summed E-state index contributed by atoms with van der Waals surface area (Å²) in [6.07, 6.45) is 0. The van der Waals surface area contributed by atoms with Crippen molar-refractivity contribution in [2.24, 2.45) is 0 Å². The van der Waals surface area contributed by atoms with Crippen LogP contribution in [0.15, 0.2) is 51.5 Å². The van der Waals surface area contributed by atoms with Crippen LogP contribution in [0.5, 0.6) is 0 Å². The van der Waals surface area contributed by atoms with Crippen molar-refractivity contribution in [1.29, 1.82) is 0 Å². The van der Waals surface area contributed by atoms with Crippen LogP contribution in [0.3, 0.4) is 0 Å². The SMILES string of the molecule is OCc1c(-c2ccc(Br)cc2)noc1-c1cc(F)cc(F)c1. The highest BCUT2D eigenvalue weighted by Gasteiger charge is 2.19. The van der Waals surface area contributed by atoms with Gasteiger partial charge in [0.05, 0.1) is 12.2 Å². The van der Waals surface area contributed by atoms with Gasteiger partial charge in [-0.05, 0) is 24.3 Å². The number of aliphatic hydroxyl groups excluding tert-OH is 1. The van der Waals surface area contributed by atoms with Crippen molar-refractivity contribution < 1.29 is 18.4 Å². The summed E-state index contributed by atoms with van der Waals surface area (Å²) in [5.74, 6) is -1.29. The van der Waals surface area contributed by atoms with E-state index in [9.17, 15) is 13.9 Å². The zero-order chi connectivity index (χ0) is 15.7. The summed E-state index contributed by atoms with van der Waals surface area (Å²) in [5, 5.41) is 13.5. The molecular weight excluding hydrogens is 356 g/mol. The lowest BCUT2D eigenvalue weighted by molar-refractivity contribution is 0.281. The highest BCUT2D eigenvalue weighted by molar-refractivity contribution is 9.10. The van der Waals surface area contributed by atoms with E-state index in [-0.39, 0.29) is 17.9 Å². The third kappa shape index (κ3) is 2.80. The monoisotopic (exact) mass is 365 g/mol. The van der Waals surface area contributed by atoms with Crippen LogP contribution in [0.1, 0.15) is 5.56 Å². The third-order valence-corrected chi connectivity index (χ3v) is 3.72. The fourth-order valence-corrected chi connectivity index (χ4v) is 2.47. The van der Waals surface area contributed by atoms with E-state index in [1.54, 1.807) is 12.1 Å². The zero-order valence-electron chi connectivity index (χ0n) is 11.2. The summed E-state index contributed by atoms with van der Waals surface area (Å²) in [6, 6.07) is 10.3. The Bertz CT molecular complexity index is 795. The molecule has 2 aromatic carbocycles. The molecule has 0 fully saturated rings. The Balaban J connectivity index is 2.12. The van der Waals surface area contributed by atoms with Crippen LogP contribution in [0.4, 0.5) is 8.78 Å². The van der Waals surface area contributed by atoms with Crippen molar-refractivity contribution in [3.8, 4) is 22.6 Å². The molecule has 6 heteroatoms. The summed E-state index contributed by atoms with van der Waals surface area (Å²) < 4.78 is 32.8. The molecule has 1 heterocycles. The minimum Gasteiger partial charge on any atom is -0.391 e. The topological polar surface area (TPSA) is 46.3 Å². The molecule has 0 unspecified atom stereocenters. The minimum absolute atomic E-state index is 0.152. The predicted molar refractivity (Wildman–Crippen MR) is 80.9 cm³/mol. The fourth-order valence-electron chi connectivity index (χ4n) is 2.20. The zero-order valence-corrected chi connectivity index (χ0v) is 12.8. The second-order valence-corrected chi connectivity index (χ2v) is 5.58. The standard InChI is InChI=1S/C16H10BrF2NO2/c17-11-3-1-9(2-4-11)15-14(8-21)16(22-20-15)10-5-12(18)7-13(19)6-10/h1-7,21H,8H2. The largest absolute Gasteiger partial charge is 0.391 e. The molecular formula is C16H10BrF2NO2. The molecule has 0 spiro atoms. The Morgan fingerprint density at radius 1 is 1.00 bits per heavy atom. The summed E-state index contributed by atoms with van der Waals surface area (Å²) in [7, 11) is 0. The minimum atomic E-state index is -0.722. The molecule has 3 aromatic rings. The molecule has 0 bridgehead atoms. The van der Waals surface area contributed by atoms with Gasteiger partial charge >= 0.3 is 0 Å². The highest BCUT2D eigenvalue weighted by atomic mass is 79.9. The lowest BCUT2D eigenvalue weighted by Gasteiger charge is -2.02. The first-order chi connectivity index (χ1) is 10.6. The van der Waals surface area contributed by atoms with E-state index in [0.717, 1.165) is 28.2 Å². The molecule has 1 aromatic heterocycles. The normalized spacial score (nSPS) is 10.9. The van der Waals surface area contributed by atoms with E-state index in [4.69, 9.17) is 4.52 Å². The molecule has 3 rings (SSSR count). The summed E-state index contributed by atoms with van der Waals surface area (Å²) in [5.41, 5.74) is 1.75. The fraction of sp³-hybridized carbons (Fsp3) is 0.0625. The number of aliphatic hydroxyl groups is 1. The summed E-state index contributed by atoms with van der Waals surface area (Å²) in [6.45, 7) is -0.359. The molecule has 0 aliphatic rings. The van der Waals surface area contributed by atoms with Gasteiger partial charge in [-0.2, -0.15) is 0 Å². The molecule has 0 saturated carbocycles. The molecule has 0 amide bonds. The molecule has 1 N–H and O–H groups in total. The number of benzene rings is 2. The molecule has 22 heavy (non-hydrogen) atoms. The molecule has 3 nitrogen and oxygen atoms in total. The second kappa shape index (κ2) is 5.98. The number of rotatable bonds is 3. The maximum Gasteiger partial charge on any atom is 0.173 e. The van der Waals surface area contributed by atoms with Crippen LogP contribution in [-0.2, 0) is 6.61 Å². The van der Waals surface area contributed by atoms with Gasteiger partial charge < -0.3 is 9.63 Å². The van der Waals surface area contributed by atoms with Crippen LogP contribution >= 0.6 is 15.9 Å².